The van der Waals surface area contributed by atoms with Crippen molar-refractivity contribution in [1.82, 2.24) is 4.57 Å². The molecule has 0 unspecified atom stereocenters. The van der Waals surface area contributed by atoms with Crippen molar-refractivity contribution >= 4 is 93.1 Å². The Kier molecular flexibility index (Phi) is 7.91. The summed E-state index contributed by atoms with van der Waals surface area (Å²) in [5, 5.41) is 11.9. The molecule has 3 heteroatoms. The second-order valence-corrected chi connectivity index (χ2v) is 16.5. The lowest BCUT2D eigenvalue weighted by atomic mass is 9.94. The first kappa shape index (κ1) is 35.4. The molecule has 13 aromatic rings. The summed E-state index contributed by atoms with van der Waals surface area (Å²) in [7, 11) is 0. The molecule has 11 aromatic carbocycles. The van der Waals surface area contributed by atoms with E-state index in [1.165, 1.54) is 71.0 Å². The van der Waals surface area contributed by atoms with Crippen molar-refractivity contribution in [2.75, 3.05) is 4.90 Å². The quantitative estimate of drug-likeness (QED) is 0.156. The predicted octanol–water partition coefficient (Wildman–Crippen LogP) is 16.9. The highest BCUT2D eigenvalue weighted by Crippen LogP contribution is 2.43. The molecule has 13 rings (SSSR count). The number of para-hydroxylation sites is 2. The molecule has 0 amide bonds. The fourth-order valence-corrected chi connectivity index (χ4v) is 10.00. The number of fused-ring (bicyclic) bond motifs is 11. The molecule has 2 heterocycles. The van der Waals surface area contributed by atoms with Crippen LogP contribution in [0.3, 0.4) is 0 Å². The lowest BCUT2D eigenvalue weighted by Gasteiger charge is -2.26. The molecular weight excluding hydrogens is 765 g/mol. The monoisotopic (exact) mass is 802 g/mol. The van der Waals surface area contributed by atoms with Crippen LogP contribution >= 0.6 is 0 Å². The number of hydrogen-bond donors (Lipinski definition) is 0. The summed E-state index contributed by atoms with van der Waals surface area (Å²) in [6.07, 6.45) is 0. The van der Waals surface area contributed by atoms with Gasteiger partial charge in [-0.3, -0.25) is 0 Å². The highest BCUT2D eigenvalue weighted by Gasteiger charge is 2.19. The van der Waals surface area contributed by atoms with Crippen LogP contribution in [0.15, 0.2) is 235 Å². The number of benzene rings is 11. The van der Waals surface area contributed by atoms with Crippen molar-refractivity contribution in [3.8, 4) is 27.9 Å². The van der Waals surface area contributed by atoms with Crippen LogP contribution in [-0.4, -0.2) is 4.57 Å². The number of furan rings is 1. The topological polar surface area (TPSA) is 21.3 Å². The average Bonchev–Trinajstić information content (AvgIpc) is 3.90. The van der Waals surface area contributed by atoms with E-state index in [2.05, 4.69) is 240 Å². The van der Waals surface area contributed by atoms with E-state index in [0.29, 0.717) is 0 Å². The van der Waals surface area contributed by atoms with Gasteiger partial charge >= 0.3 is 0 Å². The van der Waals surface area contributed by atoms with Gasteiger partial charge in [-0.2, -0.15) is 0 Å². The van der Waals surface area contributed by atoms with Crippen molar-refractivity contribution in [3.05, 3.63) is 231 Å². The first-order chi connectivity index (χ1) is 31.2. The molecule has 0 bridgehead atoms. The van der Waals surface area contributed by atoms with E-state index in [4.69, 9.17) is 4.42 Å². The molecule has 0 spiro atoms. The number of anilines is 3. The standard InChI is InChI=1S/C60H38N2O/c1-2-12-39(13-3-1)48-15-6-7-16-49(48)41-24-27-44(28-25-41)61(47-31-35-59-56(38-47)55-32-26-40-14-4-5-17-52(40)60(55)63-59)45-29-33-50-42(36-45)22-23-43-37-46(30-34-51(43)50)62-57-20-10-8-18-53(57)54-19-9-11-21-58(54)62/h1-38H. The third-order valence-electron chi connectivity index (χ3n) is 13.0. The summed E-state index contributed by atoms with van der Waals surface area (Å²) in [6.45, 7) is 0. The Morgan fingerprint density at radius 2 is 0.857 bits per heavy atom. The van der Waals surface area contributed by atoms with Gasteiger partial charge in [-0.05, 0) is 122 Å². The van der Waals surface area contributed by atoms with Crippen molar-refractivity contribution in [2.45, 2.75) is 0 Å². The van der Waals surface area contributed by atoms with E-state index in [9.17, 15) is 0 Å². The second kappa shape index (κ2) is 14.1. The highest BCUT2D eigenvalue weighted by atomic mass is 16.3. The van der Waals surface area contributed by atoms with Crippen molar-refractivity contribution in [3.63, 3.8) is 0 Å². The molecule has 0 atom stereocenters. The Labute approximate surface area is 363 Å². The van der Waals surface area contributed by atoms with Gasteiger partial charge in [-0.1, -0.05) is 158 Å². The minimum absolute atomic E-state index is 0.878. The maximum atomic E-state index is 6.58. The molecule has 0 N–H and O–H groups in total. The van der Waals surface area contributed by atoms with Gasteiger partial charge in [0, 0.05) is 49.7 Å². The molecule has 2 aromatic heterocycles. The molecule has 3 nitrogen and oxygen atoms in total. The van der Waals surface area contributed by atoms with Crippen LogP contribution in [0.2, 0.25) is 0 Å². The van der Waals surface area contributed by atoms with E-state index < -0.39 is 0 Å². The van der Waals surface area contributed by atoms with Crippen molar-refractivity contribution in [2.24, 2.45) is 0 Å². The third kappa shape index (κ3) is 5.67. The first-order valence-electron chi connectivity index (χ1n) is 21.6. The fourth-order valence-electron chi connectivity index (χ4n) is 10.00. The summed E-state index contributed by atoms with van der Waals surface area (Å²) in [5.41, 5.74) is 13.4. The smallest absolute Gasteiger partial charge is 0.143 e. The summed E-state index contributed by atoms with van der Waals surface area (Å²) in [6, 6.07) is 83.5. The largest absolute Gasteiger partial charge is 0.455 e. The van der Waals surface area contributed by atoms with E-state index in [0.717, 1.165) is 50.1 Å². The first-order valence-corrected chi connectivity index (χ1v) is 21.6. The van der Waals surface area contributed by atoms with Gasteiger partial charge < -0.3 is 13.9 Å². The average molecular weight is 803 g/mol. The zero-order chi connectivity index (χ0) is 41.4. The SMILES string of the molecule is c1ccc(-c2ccccc2-c2ccc(N(c3ccc4c(ccc5cc(-n6c7ccccc7c7ccccc76)ccc54)c3)c3ccc4oc5c6ccccc6ccc5c4c3)cc2)cc1. The van der Waals surface area contributed by atoms with Crippen molar-refractivity contribution in [1.29, 1.82) is 0 Å². The number of hydrogen-bond acceptors (Lipinski definition) is 2. The highest BCUT2D eigenvalue weighted by molar-refractivity contribution is 6.16. The molecule has 0 aliphatic rings. The maximum Gasteiger partial charge on any atom is 0.143 e. The van der Waals surface area contributed by atoms with E-state index in [1.54, 1.807) is 0 Å². The van der Waals surface area contributed by atoms with Crippen LogP contribution in [0.1, 0.15) is 0 Å². The summed E-state index contributed by atoms with van der Waals surface area (Å²) in [5.74, 6) is 0. The van der Waals surface area contributed by atoms with Crippen LogP contribution < -0.4 is 4.90 Å². The predicted molar refractivity (Wildman–Crippen MR) is 266 cm³/mol. The molecule has 0 aliphatic heterocycles. The van der Waals surface area contributed by atoms with Gasteiger partial charge in [0.15, 0.2) is 0 Å². The number of nitrogens with zero attached hydrogens (tertiary/aromatic N) is 2. The molecule has 0 radical (unpaired) electrons. The van der Waals surface area contributed by atoms with Crippen LogP contribution in [0.4, 0.5) is 17.1 Å². The zero-order valence-electron chi connectivity index (χ0n) is 34.2. The van der Waals surface area contributed by atoms with E-state index in [1.807, 2.05) is 0 Å². The summed E-state index contributed by atoms with van der Waals surface area (Å²) >= 11 is 0. The lowest BCUT2D eigenvalue weighted by Crippen LogP contribution is -2.09. The molecule has 0 saturated heterocycles. The lowest BCUT2D eigenvalue weighted by molar-refractivity contribution is 0.672. The van der Waals surface area contributed by atoms with Crippen LogP contribution in [-0.2, 0) is 0 Å². The Morgan fingerprint density at radius 1 is 0.317 bits per heavy atom. The van der Waals surface area contributed by atoms with Crippen LogP contribution in [0.25, 0.3) is 104 Å². The minimum Gasteiger partial charge on any atom is -0.455 e. The van der Waals surface area contributed by atoms with Gasteiger partial charge in [0.25, 0.3) is 0 Å². The molecule has 0 saturated carbocycles. The van der Waals surface area contributed by atoms with Crippen LogP contribution in [0.5, 0.6) is 0 Å². The minimum atomic E-state index is 0.878. The van der Waals surface area contributed by atoms with E-state index in [-0.39, 0.29) is 0 Å². The molecule has 294 valence electrons. The Morgan fingerprint density at radius 3 is 1.60 bits per heavy atom. The van der Waals surface area contributed by atoms with Gasteiger partial charge in [0.1, 0.15) is 11.2 Å². The van der Waals surface area contributed by atoms with Crippen molar-refractivity contribution < 1.29 is 4.42 Å². The van der Waals surface area contributed by atoms with Crippen LogP contribution in [0, 0.1) is 0 Å². The zero-order valence-corrected chi connectivity index (χ0v) is 34.2. The van der Waals surface area contributed by atoms with Gasteiger partial charge in [-0.15, -0.1) is 0 Å². The van der Waals surface area contributed by atoms with Gasteiger partial charge in [0.05, 0.1) is 11.0 Å². The van der Waals surface area contributed by atoms with E-state index >= 15 is 0 Å². The second-order valence-electron chi connectivity index (χ2n) is 16.5. The van der Waals surface area contributed by atoms with Gasteiger partial charge in [-0.25, -0.2) is 0 Å². The normalized spacial score (nSPS) is 11.8. The molecule has 0 fully saturated rings. The molecule has 0 aliphatic carbocycles. The Bertz CT molecular complexity index is 3860. The Hall–Kier alpha value is -8.40. The summed E-state index contributed by atoms with van der Waals surface area (Å²) < 4.78 is 8.97. The number of rotatable bonds is 6. The maximum absolute atomic E-state index is 6.58. The fraction of sp³-hybridized carbons (Fsp3) is 0. The summed E-state index contributed by atoms with van der Waals surface area (Å²) in [4.78, 5) is 2.38. The number of aromatic nitrogens is 1. The third-order valence-corrected chi connectivity index (χ3v) is 13.0. The van der Waals surface area contributed by atoms with Gasteiger partial charge in [0.2, 0.25) is 0 Å². The Balaban J connectivity index is 0.951. The molecular formula is C60H38N2O. The molecule has 63 heavy (non-hydrogen) atoms.